The van der Waals surface area contributed by atoms with Crippen molar-refractivity contribution in [3.05, 3.63) is 117 Å². The molecule has 0 spiro atoms. The van der Waals surface area contributed by atoms with Gasteiger partial charge in [0.15, 0.2) is 0 Å². The maximum Gasteiger partial charge on any atom is 0.355 e. The van der Waals surface area contributed by atoms with Crippen LogP contribution in [-0.2, 0) is 21.6 Å². The maximum absolute atomic E-state index is 12.9. The van der Waals surface area contributed by atoms with Crippen molar-refractivity contribution in [2.45, 2.75) is 32.8 Å². The minimum absolute atomic E-state index is 0.0160. The summed E-state index contributed by atoms with van der Waals surface area (Å²) < 4.78 is 5.38. The highest BCUT2D eigenvalue weighted by molar-refractivity contribution is 6.03. The normalized spacial score (nSPS) is 11.6. The summed E-state index contributed by atoms with van der Waals surface area (Å²) >= 11 is 0. The largest absolute Gasteiger partial charge is 0.456 e. The van der Waals surface area contributed by atoms with E-state index >= 15 is 0 Å². The van der Waals surface area contributed by atoms with Crippen LogP contribution in [0.15, 0.2) is 84.6 Å². The van der Waals surface area contributed by atoms with Crippen molar-refractivity contribution in [2.75, 3.05) is 0 Å². The monoisotopic (exact) mass is 458 g/mol. The molecule has 3 rings (SSSR count). The molecule has 174 valence electrons. The number of ether oxygens (including phenoxy) is 1. The number of hydrogen-bond donors (Lipinski definition) is 1. The first-order valence-electron chi connectivity index (χ1n) is 10.7. The summed E-state index contributed by atoms with van der Waals surface area (Å²) in [5, 5.41) is 13.7. The number of rotatable bonds is 7. The minimum atomic E-state index is -0.755. The molecular weight excluding hydrogens is 432 g/mol. The van der Waals surface area contributed by atoms with E-state index in [-0.39, 0.29) is 23.4 Å². The standard InChI is InChI=1S/C27H26N2O5/c1-27(2,3)22-14-12-21(13-15-22)25(30)28-24(17-20-10-7-11-23(16-20)29(32)33)26(31)34-18-19-8-5-4-6-9-19/h4-17H,18H2,1-3H3,(H,28,30). The number of carbonyl (C=O) groups is 2. The summed E-state index contributed by atoms with van der Waals surface area (Å²) in [6.07, 6.45) is 1.36. The fourth-order valence-electron chi connectivity index (χ4n) is 3.16. The zero-order valence-corrected chi connectivity index (χ0v) is 19.3. The zero-order chi connectivity index (χ0) is 24.7. The number of non-ortho nitro benzene ring substituents is 1. The molecule has 34 heavy (non-hydrogen) atoms. The van der Waals surface area contributed by atoms with Crippen LogP contribution in [0, 0.1) is 10.1 Å². The van der Waals surface area contributed by atoms with E-state index in [2.05, 4.69) is 26.1 Å². The lowest BCUT2D eigenvalue weighted by Gasteiger charge is -2.19. The van der Waals surface area contributed by atoms with Crippen LogP contribution >= 0.6 is 0 Å². The average Bonchev–Trinajstić information content (AvgIpc) is 2.82. The van der Waals surface area contributed by atoms with E-state index in [1.54, 1.807) is 18.2 Å². The van der Waals surface area contributed by atoms with E-state index < -0.39 is 16.8 Å². The molecule has 0 aliphatic rings. The molecule has 0 saturated carbocycles. The Morgan fingerprint density at radius 3 is 2.26 bits per heavy atom. The predicted octanol–water partition coefficient (Wildman–Crippen LogP) is 5.41. The van der Waals surface area contributed by atoms with Gasteiger partial charge in [0.1, 0.15) is 12.3 Å². The van der Waals surface area contributed by atoms with Crippen LogP contribution < -0.4 is 5.32 Å². The maximum atomic E-state index is 12.9. The van der Waals surface area contributed by atoms with E-state index in [9.17, 15) is 19.7 Å². The molecule has 0 aliphatic carbocycles. The Kier molecular flexibility index (Phi) is 7.58. The van der Waals surface area contributed by atoms with Crippen LogP contribution in [0.4, 0.5) is 5.69 Å². The van der Waals surface area contributed by atoms with Crippen molar-refractivity contribution in [3.63, 3.8) is 0 Å². The van der Waals surface area contributed by atoms with Crippen molar-refractivity contribution in [3.8, 4) is 0 Å². The van der Waals surface area contributed by atoms with Gasteiger partial charge in [-0.15, -0.1) is 0 Å². The molecule has 3 aromatic carbocycles. The van der Waals surface area contributed by atoms with Crippen molar-refractivity contribution in [2.24, 2.45) is 0 Å². The third-order valence-corrected chi connectivity index (χ3v) is 5.09. The summed E-state index contributed by atoms with van der Waals surface area (Å²) in [5.41, 5.74) is 2.28. The van der Waals surface area contributed by atoms with E-state index in [0.717, 1.165) is 11.1 Å². The summed E-state index contributed by atoms with van der Waals surface area (Å²) in [4.78, 5) is 36.3. The van der Waals surface area contributed by atoms with Gasteiger partial charge in [0.05, 0.1) is 4.92 Å². The molecule has 0 aliphatic heterocycles. The molecule has 0 heterocycles. The van der Waals surface area contributed by atoms with Crippen molar-refractivity contribution in [1.29, 1.82) is 0 Å². The molecule has 7 heteroatoms. The van der Waals surface area contributed by atoms with Gasteiger partial charge in [-0.3, -0.25) is 14.9 Å². The molecular formula is C27H26N2O5. The molecule has 3 aromatic rings. The summed E-state index contributed by atoms with van der Waals surface area (Å²) in [5.74, 6) is -1.25. The van der Waals surface area contributed by atoms with Gasteiger partial charge in [-0.2, -0.15) is 0 Å². The minimum Gasteiger partial charge on any atom is -0.456 e. The van der Waals surface area contributed by atoms with Gasteiger partial charge in [-0.1, -0.05) is 75.4 Å². The Labute approximate surface area is 198 Å². The van der Waals surface area contributed by atoms with Gasteiger partial charge in [-0.25, -0.2) is 4.79 Å². The highest BCUT2D eigenvalue weighted by atomic mass is 16.6. The van der Waals surface area contributed by atoms with Crippen LogP contribution in [0.3, 0.4) is 0 Å². The fraction of sp³-hybridized carbons (Fsp3) is 0.185. The van der Waals surface area contributed by atoms with Crippen molar-refractivity contribution in [1.82, 2.24) is 5.32 Å². The van der Waals surface area contributed by atoms with E-state index in [4.69, 9.17) is 4.74 Å². The number of esters is 1. The Hall–Kier alpha value is -4.26. The van der Waals surface area contributed by atoms with E-state index in [1.165, 1.54) is 24.3 Å². The van der Waals surface area contributed by atoms with Crippen LogP contribution in [0.25, 0.3) is 6.08 Å². The summed E-state index contributed by atoms with van der Waals surface area (Å²) in [6, 6.07) is 22.0. The number of nitrogens with zero attached hydrogens (tertiary/aromatic N) is 1. The van der Waals surface area contributed by atoms with Crippen LogP contribution in [-0.4, -0.2) is 16.8 Å². The Morgan fingerprint density at radius 2 is 1.65 bits per heavy atom. The Bertz CT molecular complexity index is 1210. The van der Waals surface area contributed by atoms with Gasteiger partial charge >= 0.3 is 5.97 Å². The van der Waals surface area contributed by atoms with Crippen LogP contribution in [0.5, 0.6) is 0 Å². The van der Waals surface area contributed by atoms with Gasteiger partial charge in [-0.05, 0) is 40.3 Å². The lowest BCUT2D eigenvalue weighted by atomic mass is 9.87. The molecule has 0 fully saturated rings. The molecule has 1 amide bonds. The molecule has 0 radical (unpaired) electrons. The number of amides is 1. The highest BCUT2D eigenvalue weighted by Crippen LogP contribution is 2.22. The second-order valence-electron chi connectivity index (χ2n) is 8.75. The Balaban J connectivity index is 1.86. The molecule has 7 nitrogen and oxygen atoms in total. The number of nitro benzene ring substituents is 1. The average molecular weight is 459 g/mol. The SMILES string of the molecule is CC(C)(C)c1ccc(C(=O)NC(=Cc2cccc([N+](=O)[O-])c2)C(=O)OCc2ccccc2)cc1. The van der Waals surface area contributed by atoms with Crippen molar-refractivity contribution < 1.29 is 19.2 Å². The topological polar surface area (TPSA) is 98.5 Å². The predicted molar refractivity (Wildman–Crippen MR) is 130 cm³/mol. The molecule has 0 atom stereocenters. The summed E-state index contributed by atoms with van der Waals surface area (Å²) in [6.45, 7) is 6.24. The highest BCUT2D eigenvalue weighted by Gasteiger charge is 2.18. The first kappa shape index (κ1) is 24.4. The molecule has 0 aromatic heterocycles. The zero-order valence-electron chi connectivity index (χ0n) is 19.3. The van der Waals surface area contributed by atoms with E-state index in [1.807, 2.05) is 42.5 Å². The third-order valence-electron chi connectivity index (χ3n) is 5.09. The number of carbonyl (C=O) groups excluding carboxylic acids is 2. The lowest BCUT2D eigenvalue weighted by Crippen LogP contribution is -2.28. The van der Waals surface area contributed by atoms with E-state index in [0.29, 0.717) is 11.1 Å². The number of benzene rings is 3. The van der Waals surface area contributed by atoms with Gasteiger partial charge in [0.2, 0.25) is 0 Å². The quantitative estimate of drug-likeness (QED) is 0.221. The van der Waals surface area contributed by atoms with Gasteiger partial charge in [0, 0.05) is 17.7 Å². The third kappa shape index (κ3) is 6.62. The summed E-state index contributed by atoms with van der Waals surface area (Å²) in [7, 11) is 0. The van der Waals surface area contributed by atoms with Crippen LogP contribution in [0.1, 0.15) is 47.8 Å². The number of hydrogen-bond acceptors (Lipinski definition) is 5. The van der Waals surface area contributed by atoms with Gasteiger partial charge < -0.3 is 10.1 Å². The smallest absolute Gasteiger partial charge is 0.355 e. The lowest BCUT2D eigenvalue weighted by molar-refractivity contribution is -0.384. The fourth-order valence-corrected chi connectivity index (χ4v) is 3.16. The second-order valence-corrected chi connectivity index (χ2v) is 8.75. The van der Waals surface area contributed by atoms with Gasteiger partial charge in [0.25, 0.3) is 11.6 Å². The first-order chi connectivity index (χ1) is 16.1. The first-order valence-corrected chi connectivity index (χ1v) is 10.7. The number of nitro groups is 1. The molecule has 0 unspecified atom stereocenters. The second kappa shape index (κ2) is 10.6. The molecule has 1 N–H and O–H groups in total. The van der Waals surface area contributed by atoms with Crippen LogP contribution in [0.2, 0.25) is 0 Å². The Morgan fingerprint density at radius 1 is 0.971 bits per heavy atom. The van der Waals surface area contributed by atoms with Crippen molar-refractivity contribution >= 4 is 23.6 Å². The molecule has 0 bridgehead atoms. The number of nitrogens with one attached hydrogen (secondary N) is 1. The molecule has 0 saturated heterocycles.